The Morgan fingerprint density at radius 3 is 2.75 bits per heavy atom. The van der Waals surface area contributed by atoms with Gasteiger partial charge in [-0.1, -0.05) is 35.5 Å². The van der Waals surface area contributed by atoms with Crippen LogP contribution in [0, 0.1) is 6.92 Å². The molecule has 10 nitrogen and oxygen atoms in total. The van der Waals surface area contributed by atoms with E-state index in [0.29, 0.717) is 29.1 Å². The van der Waals surface area contributed by atoms with E-state index in [1.54, 1.807) is 25.3 Å². The molecule has 4 rings (SSSR count). The minimum atomic E-state index is -0.573. The molecule has 28 heavy (non-hydrogen) atoms. The molecule has 1 aromatic carbocycles. The SMILES string of the molecule is Cc1noc(C(NC(=O)NCc2nc(-c3ccco3)n[nH]2)c2ccccc2)n1. The molecule has 0 bridgehead atoms. The Bertz CT molecular complexity index is 1040. The second-order valence-corrected chi connectivity index (χ2v) is 5.93. The molecule has 0 aliphatic heterocycles. The van der Waals surface area contributed by atoms with Crippen LogP contribution in [0.3, 0.4) is 0 Å². The van der Waals surface area contributed by atoms with E-state index in [2.05, 4.69) is 36.0 Å². The molecular weight excluding hydrogens is 362 g/mol. The van der Waals surface area contributed by atoms with Crippen molar-refractivity contribution in [3.8, 4) is 11.6 Å². The number of nitrogens with one attached hydrogen (secondary N) is 3. The number of aryl methyl sites for hydroxylation is 1. The quantitative estimate of drug-likeness (QED) is 0.468. The van der Waals surface area contributed by atoms with Gasteiger partial charge in [-0.15, -0.1) is 5.10 Å². The Labute approximate surface area is 159 Å². The van der Waals surface area contributed by atoms with Gasteiger partial charge in [0.15, 0.2) is 11.6 Å². The summed E-state index contributed by atoms with van der Waals surface area (Å²) in [7, 11) is 0. The number of H-pyrrole nitrogens is 1. The number of aromatic nitrogens is 5. The minimum Gasteiger partial charge on any atom is -0.461 e. The van der Waals surface area contributed by atoms with Crippen LogP contribution in [0.5, 0.6) is 0 Å². The van der Waals surface area contributed by atoms with E-state index >= 15 is 0 Å². The molecule has 0 saturated heterocycles. The molecule has 0 spiro atoms. The molecule has 142 valence electrons. The molecule has 3 aromatic heterocycles. The average molecular weight is 379 g/mol. The van der Waals surface area contributed by atoms with Gasteiger partial charge in [0.05, 0.1) is 12.8 Å². The molecule has 10 heteroatoms. The van der Waals surface area contributed by atoms with Crippen LogP contribution < -0.4 is 10.6 Å². The Hall–Kier alpha value is -3.95. The highest BCUT2D eigenvalue weighted by molar-refractivity contribution is 5.74. The molecule has 3 heterocycles. The number of carbonyl (C=O) groups is 1. The third-order valence-electron chi connectivity index (χ3n) is 3.89. The summed E-state index contributed by atoms with van der Waals surface area (Å²) < 4.78 is 10.5. The van der Waals surface area contributed by atoms with E-state index in [0.717, 1.165) is 5.56 Å². The van der Waals surface area contributed by atoms with Crippen LogP contribution in [0.25, 0.3) is 11.6 Å². The van der Waals surface area contributed by atoms with Gasteiger partial charge in [0, 0.05) is 0 Å². The van der Waals surface area contributed by atoms with E-state index in [-0.39, 0.29) is 6.54 Å². The van der Waals surface area contributed by atoms with Crippen LogP contribution in [0.4, 0.5) is 4.79 Å². The van der Waals surface area contributed by atoms with Gasteiger partial charge in [-0.05, 0) is 24.6 Å². The first-order valence-corrected chi connectivity index (χ1v) is 8.54. The predicted octanol–water partition coefficient (Wildman–Crippen LogP) is 2.34. The second kappa shape index (κ2) is 7.74. The summed E-state index contributed by atoms with van der Waals surface area (Å²) in [6, 6.07) is 11.9. The highest BCUT2D eigenvalue weighted by Crippen LogP contribution is 2.20. The van der Waals surface area contributed by atoms with Gasteiger partial charge >= 0.3 is 6.03 Å². The zero-order chi connectivity index (χ0) is 19.3. The topological polar surface area (TPSA) is 135 Å². The predicted molar refractivity (Wildman–Crippen MR) is 96.8 cm³/mol. The Morgan fingerprint density at radius 2 is 2.04 bits per heavy atom. The van der Waals surface area contributed by atoms with Gasteiger partial charge < -0.3 is 19.6 Å². The Balaban J connectivity index is 1.42. The van der Waals surface area contributed by atoms with Crippen molar-refractivity contribution in [2.24, 2.45) is 0 Å². The van der Waals surface area contributed by atoms with Crippen LogP contribution >= 0.6 is 0 Å². The largest absolute Gasteiger partial charge is 0.461 e. The number of benzene rings is 1. The summed E-state index contributed by atoms with van der Waals surface area (Å²) in [6.45, 7) is 1.87. The average Bonchev–Trinajstić information content (AvgIpc) is 3.46. The molecule has 0 saturated carbocycles. The first-order valence-electron chi connectivity index (χ1n) is 8.54. The minimum absolute atomic E-state index is 0.157. The smallest absolute Gasteiger partial charge is 0.316 e. The van der Waals surface area contributed by atoms with E-state index < -0.39 is 12.1 Å². The fourth-order valence-corrected chi connectivity index (χ4v) is 2.60. The number of nitrogens with zero attached hydrogens (tertiary/aromatic N) is 4. The summed E-state index contributed by atoms with van der Waals surface area (Å²) in [6.07, 6.45) is 1.54. The molecule has 3 N–H and O–H groups in total. The lowest BCUT2D eigenvalue weighted by Gasteiger charge is -2.15. The van der Waals surface area contributed by atoms with Crippen molar-refractivity contribution in [2.45, 2.75) is 19.5 Å². The highest BCUT2D eigenvalue weighted by atomic mass is 16.5. The molecule has 0 fully saturated rings. The maximum atomic E-state index is 12.4. The zero-order valence-corrected chi connectivity index (χ0v) is 14.9. The first-order chi connectivity index (χ1) is 13.7. The molecule has 2 amide bonds. The summed E-state index contributed by atoms with van der Waals surface area (Å²) in [5.41, 5.74) is 0.820. The number of aromatic amines is 1. The number of hydrogen-bond donors (Lipinski definition) is 3. The lowest BCUT2D eigenvalue weighted by atomic mass is 10.1. The van der Waals surface area contributed by atoms with Gasteiger partial charge in [-0.2, -0.15) is 4.98 Å². The number of amides is 2. The van der Waals surface area contributed by atoms with Crippen LogP contribution in [0.2, 0.25) is 0 Å². The number of rotatable bonds is 6. The Morgan fingerprint density at radius 1 is 1.18 bits per heavy atom. The van der Waals surface area contributed by atoms with E-state index in [1.807, 2.05) is 30.3 Å². The van der Waals surface area contributed by atoms with Crippen LogP contribution in [-0.4, -0.2) is 31.4 Å². The van der Waals surface area contributed by atoms with Crippen molar-refractivity contribution in [1.82, 2.24) is 36.0 Å². The molecule has 0 aliphatic rings. The van der Waals surface area contributed by atoms with Crippen molar-refractivity contribution in [1.29, 1.82) is 0 Å². The summed E-state index contributed by atoms with van der Waals surface area (Å²) in [5, 5.41) is 16.2. The number of furan rings is 1. The van der Waals surface area contributed by atoms with E-state index in [9.17, 15) is 4.79 Å². The normalized spacial score (nSPS) is 11.9. The fourth-order valence-electron chi connectivity index (χ4n) is 2.60. The van der Waals surface area contributed by atoms with Gasteiger partial charge in [-0.3, -0.25) is 5.10 Å². The summed E-state index contributed by atoms with van der Waals surface area (Å²) in [5.74, 6) is 2.25. The summed E-state index contributed by atoms with van der Waals surface area (Å²) >= 11 is 0. The molecule has 0 radical (unpaired) electrons. The van der Waals surface area contributed by atoms with Crippen LogP contribution in [-0.2, 0) is 6.54 Å². The lowest BCUT2D eigenvalue weighted by molar-refractivity contribution is 0.235. The van der Waals surface area contributed by atoms with Crippen molar-refractivity contribution in [3.05, 3.63) is 71.8 Å². The first kappa shape index (κ1) is 17.5. The Kier molecular flexibility index (Phi) is 4.83. The van der Waals surface area contributed by atoms with Crippen molar-refractivity contribution >= 4 is 6.03 Å². The molecule has 0 aliphatic carbocycles. The van der Waals surface area contributed by atoms with Gasteiger partial charge in [-0.25, -0.2) is 9.78 Å². The third kappa shape index (κ3) is 3.90. The molecule has 1 unspecified atom stereocenters. The monoisotopic (exact) mass is 379 g/mol. The molecular formula is C18H17N7O3. The van der Waals surface area contributed by atoms with Gasteiger partial charge in [0.25, 0.3) is 5.89 Å². The lowest BCUT2D eigenvalue weighted by Crippen LogP contribution is -2.38. The van der Waals surface area contributed by atoms with Gasteiger partial charge in [0.1, 0.15) is 11.9 Å². The van der Waals surface area contributed by atoms with Crippen LogP contribution in [0.1, 0.15) is 29.1 Å². The highest BCUT2D eigenvalue weighted by Gasteiger charge is 2.22. The number of hydrogen-bond acceptors (Lipinski definition) is 7. The van der Waals surface area contributed by atoms with E-state index in [1.165, 1.54) is 0 Å². The second-order valence-electron chi connectivity index (χ2n) is 5.93. The number of carbonyl (C=O) groups excluding carboxylic acids is 1. The van der Waals surface area contributed by atoms with Crippen LogP contribution in [0.15, 0.2) is 57.7 Å². The fraction of sp³-hybridized carbons (Fsp3) is 0.167. The van der Waals surface area contributed by atoms with Gasteiger partial charge in [0.2, 0.25) is 5.82 Å². The zero-order valence-electron chi connectivity index (χ0n) is 14.9. The van der Waals surface area contributed by atoms with Crippen molar-refractivity contribution in [2.75, 3.05) is 0 Å². The molecule has 1 atom stereocenters. The maximum Gasteiger partial charge on any atom is 0.316 e. The van der Waals surface area contributed by atoms with Crippen molar-refractivity contribution in [3.63, 3.8) is 0 Å². The van der Waals surface area contributed by atoms with E-state index in [4.69, 9.17) is 8.94 Å². The molecule has 4 aromatic rings. The summed E-state index contributed by atoms with van der Waals surface area (Å²) in [4.78, 5) is 20.9. The van der Waals surface area contributed by atoms with Crippen molar-refractivity contribution < 1.29 is 13.7 Å². The maximum absolute atomic E-state index is 12.4. The standard InChI is InChI=1S/C18H17N7O3/c1-11-20-17(28-25-11)15(12-6-3-2-4-7-12)22-18(26)19-10-14-21-16(24-23-14)13-8-5-9-27-13/h2-9,15H,10H2,1H3,(H2,19,22,26)(H,21,23,24). The number of urea groups is 1. The third-order valence-corrected chi connectivity index (χ3v) is 3.89.